The molecule has 2 aromatic carbocycles. The number of hydrogen-bond donors (Lipinski definition) is 2. The van der Waals surface area contributed by atoms with Gasteiger partial charge in [-0.15, -0.1) is 0 Å². The monoisotopic (exact) mass is 402 g/mol. The van der Waals surface area contributed by atoms with Gasteiger partial charge < -0.3 is 10.4 Å². The minimum Gasteiger partial charge on any atom is -0.505 e. The number of aromatic nitrogens is 1. The van der Waals surface area contributed by atoms with Crippen LogP contribution in [0, 0.1) is 12.7 Å². The molecule has 146 valence electrons. The molecule has 0 bridgehead atoms. The summed E-state index contributed by atoms with van der Waals surface area (Å²) in [5, 5.41) is 13.6. The van der Waals surface area contributed by atoms with Crippen molar-refractivity contribution in [2.75, 3.05) is 0 Å². The van der Waals surface area contributed by atoms with E-state index in [1.54, 1.807) is 31.2 Å². The molecular weight excluding hydrogens is 383 g/mol. The van der Waals surface area contributed by atoms with Gasteiger partial charge in [-0.2, -0.15) is 0 Å². The van der Waals surface area contributed by atoms with Gasteiger partial charge in [0, 0.05) is 33.8 Å². The van der Waals surface area contributed by atoms with Crippen molar-refractivity contribution in [2.45, 2.75) is 33.2 Å². The summed E-state index contributed by atoms with van der Waals surface area (Å²) in [5.74, 6) is -1.97. The van der Waals surface area contributed by atoms with E-state index in [1.807, 2.05) is 13.8 Å². The maximum Gasteiger partial charge on any atom is 0.262 e. The number of rotatable bonds is 4. The minimum absolute atomic E-state index is 0.00643. The lowest BCUT2D eigenvalue weighted by molar-refractivity contribution is -0.120. The summed E-state index contributed by atoms with van der Waals surface area (Å²) >= 11 is 5.89. The van der Waals surface area contributed by atoms with E-state index in [9.17, 15) is 19.1 Å². The average Bonchev–Trinajstić information content (AvgIpc) is 2.86. The van der Waals surface area contributed by atoms with Crippen LogP contribution < -0.4 is 5.32 Å². The zero-order chi connectivity index (χ0) is 20.6. The van der Waals surface area contributed by atoms with E-state index in [-0.39, 0.29) is 24.3 Å². The highest BCUT2D eigenvalue weighted by atomic mass is 35.5. The first kappa shape index (κ1) is 19.9. The summed E-state index contributed by atoms with van der Waals surface area (Å²) in [5.41, 5.74) is 1.74. The van der Waals surface area contributed by atoms with Crippen LogP contribution in [-0.2, 0) is 11.2 Å². The van der Waals surface area contributed by atoms with E-state index in [0.717, 1.165) is 6.07 Å². The third-order valence-electron chi connectivity index (χ3n) is 4.48. The largest absolute Gasteiger partial charge is 0.505 e. The van der Waals surface area contributed by atoms with Crippen molar-refractivity contribution in [3.63, 3.8) is 0 Å². The number of benzene rings is 2. The van der Waals surface area contributed by atoms with Crippen LogP contribution in [-0.4, -0.2) is 27.5 Å². The van der Waals surface area contributed by atoms with E-state index < -0.39 is 11.6 Å². The van der Waals surface area contributed by atoms with Gasteiger partial charge in [-0.3, -0.25) is 14.2 Å². The lowest BCUT2D eigenvalue weighted by Crippen LogP contribution is -2.31. The second kappa shape index (κ2) is 7.64. The van der Waals surface area contributed by atoms with Gasteiger partial charge in [-0.1, -0.05) is 11.6 Å². The number of nitrogens with one attached hydrogen (secondary N) is 1. The molecule has 0 aliphatic heterocycles. The van der Waals surface area contributed by atoms with Gasteiger partial charge in [0.25, 0.3) is 5.91 Å². The highest BCUT2D eigenvalue weighted by Gasteiger charge is 2.23. The first-order chi connectivity index (χ1) is 13.2. The number of amides is 1. The number of carbonyl (C=O) groups is 2. The van der Waals surface area contributed by atoms with Gasteiger partial charge in [-0.25, -0.2) is 4.39 Å². The molecule has 2 N–H and O–H groups in total. The molecular formula is C21H20ClFN2O3. The maximum atomic E-state index is 14.1. The van der Waals surface area contributed by atoms with Gasteiger partial charge in [-0.05, 0) is 56.7 Å². The summed E-state index contributed by atoms with van der Waals surface area (Å²) < 4.78 is 15.4. The van der Waals surface area contributed by atoms with Gasteiger partial charge >= 0.3 is 0 Å². The van der Waals surface area contributed by atoms with Crippen LogP contribution in [0.15, 0.2) is 36.4 Å². The van der Waals surface area contributed by atoms with E-state index in [0.29, 0.717) is 32.7 Å². The van der Waals surface area contributed by atoms with Gasteiger partial charge in [0.1, 0.15) is 0 Å². The number of fused-ring (bicyclic) bond motifs is 1. The molecule has 0 radical (unpaired) electrons. The minimum atomic E-state index is -0.840. The number of halogens is 2. The summed E-state index contributed by atoms with van der Waals surface area (Å²) in [6, 6.07) is 8.67. The van der Waals surface area contributed by atoms with E-state index in [1.165, 1.54) is 10.6 Å². The Morgan fingerprint density at radius 3 is 2.46 bits per heavy atom. The number of phenols is 1. The molecule has 0 atom stereocenters. The first-order valence-corrected chi connectivity index (χ1v) is 9.19. The Morgan fingerprint density at radius 1 is 1.21 bits per heavy atom. The molecule has 5 nitrogen and oxygen atoms in total. The van der Waals surface area contributed by atoms with Crippen LogP contribution in [0.25, 0.3) is 10.9 Å². The Balaban J connectivity index is 2.18. The van der Waals surface area contributed by atoms with Crippen molar-refractivity contribution < 1.29 is 19.1 Å². The van der Waals surface area contributed by atoms with Crippen molar-refractivity contribution in [1.82, 2.24) is 9.88 Å². The Morgan fingerprint density at radius 2 is 1.86 bits per heavy atom. The molecule has 1 aromatic heterocycles. The lowest BCUT2D eigenvalue weighted by atomic mass is 10.1. The number of phenolic OH excluding ortho intramolecular Hbond substituents is 1. The Labute approximate surface area is 166 Å². The molecule has 0 aliphatic rings. The molecule has 0 saturated carbocycles. The molecule has 1 amide bonds. The number of nitrogens with zero attached hydrogens (tertiary/aromatic N) is 1. The maximum absolute atomic E-state index is 14.1. The van der Waals surface area contributed by atoms with Crippen molar-refractivity contribution in [2.24, 2.45) is 0 Å². The first-order valence-electron chi connectivity index (χ1n) is 8.81. The molecule has 0 unspecified atom stereocenters. The number of aromatic hydroxyl groups is 1. The molecule has 1 heterocycles. The second-order valence-electron chi connectivity index (χ2n) is 6.93. The summed E-state index contributed by atoms with van der Waals surface area (Å²) in [6.45, 7) is 5.39. The summed E-state index contributed by atoms with van der Waals surface area (Å²) in [7, 11) is 0. The summed E-state index contributed by atoms with van der Waals surface area (Å²) in [4.78, 5) is 25.4. The summed E-state index contributed by atoms with van der Waals surface area (Å²) in [6.07, 6.45) is 0.00643. The average molecular weight is 403 g/mol. The second-order valence-corrected chi connectivity index (χ2v) is 7.37. The molecule has 3 aromatic rings. The van der Waals surface area contributed by atoms with Crippen LogP contribution in [0.2, 0.25) is 5.02 Å². The third kappa shape index (κ3) is 3.73. The highest BCUT2D eigenvalue weighted by molar-refractivity contribution is 6.30. The van der Waals surface area contributed by atoms with Gasteiger partial charge in [0.15, 0.2) is 11.6 Å². The quantitative estimate of drug-likeness (QED) is 0.687. The third-order valence-corrected chi connectivity index (χ3v) is 4.74. The predicted octanol–water partition coefficient (Wildman–Crippen LogP) is 4.20. The molecule has 0 spiro atoms. The SMILES string of the molecule is Cc1c(CC(=O)NC(C)C)c2cc(O)c(F)cc2n1C(=O)c1ccc(Cl)cc1. The standard InChI is InChI=1S/C21H20ClFN2O3/c1-11(2)24-20(27)9-15-12(3)25(18-10-17(23)19(26)8-16(15)18)21(28)13-4-6-14(22)7-5-13/h4-8,10-11,26H,9H2,1-3H3,(H,24,27). The molecule has 0 aliphatic carbocycles. The number of carbonyl (C=O) groups excluding carboxylic acids is 2. The van der Waals surface area contributed by atoms with Crippen molar-refractivity contribution in [1.29, 1.82) is 0 Å². The van der Waals surface area contributed by atoms with Crippen LogP contribution >= 0.6 is 11.6 Å². The predicted molar refractivity (Wildman–Crippen MR) is 106 cm³/mol. The van der Waals surface area contributed by atoms with Gasteiger partial charge in [0.2, 0.25) is 5.91 Å². The topological polar surface area (TPSA) is 71.3 Å². The van der Waals surface area contributed by atoms with Crippen LogP contribution in [0.4, 0.5) is 4.39 Å². The van der Waals surface area contributed by atoms with Crippen molar-refractivity contribution in [3.8, 4) is 5.75 Å². The molecule has 0 fully saturated rings. The fourth-order valence-corrected chi connectivity index (χ4v) is 3.35. The fraction of sp³-hybridized carbons (Fsp3) is 0.238. The number of hydrogen-bond acceptors (Lipinski definition) is 3. The molecule has 3 rings (SSSR count). The van der Waals surface area contributed by atoms with Gasteiger partial charge in [0.05, 0.1) is 11.9 Å². The Hall–Kier alpha value is -2.86. The smallest absolute Gasteiger partial charge is 0.262 e. The zero-order valence-electron chi connectivity index (χ0n) is 15.7. The Kier molecular flexibility index (Phi) is 5.42. The highest BCUT2D eigenvalue weighted by Crippen LogP contribution is 2.32. The zero-order valence-corrected chi connectivity index (χ0v) is 16.5. The van der Waals surface area contributed by atoms with Crippen LogP contribution in [0.5, 0.6) is 5.75 Å². The lowest BCUT2D eigenvalue weighted by Gasteiger charge is -2.09. The van der Waals surface area contributed by atoms with E-state index in [4.69, 9.17) is 11.6 Å². The normalized spacial score (nSPS) is 11.2. The fourth-order valence-electron chi connectivity index (χ4n) is 3.23. The van der Waals surface area contributed by atoms with E-state index in [2.05, 4.69) is 5.32 Å². The van der Waals surface area contributed by atoms with E-state index >= 15 is 0 Å². The van der Waals surface area contributed by atoms with Crippen LogP contribution in [0.3, 0.4) is 0 Å². The van der Waals surface area contributed by atoms with Crippen LogP contribution in [0.1, 0.15) is 35.5 Å². The molecule has 7 heteroatoms. The van der Waals surface area contributed by atoms with Crippen molar-refractivity contribution in [3.05, 3.63) is 64.1 Å². The Bertz CT molecular complexity index is 1070. The van der Waals surface area contributed by atoms with Crippen molar-refractivity contribution >= 4 is 34.3 Å². The molecule has 28 heavy (non-hydrogen) atoms. The molecule has 0 saturated heterocycles.